The molecule has 0 bridgehead atoms. The average molecular weight is 273 g/mol. The van der Waals surface area contributed by atoms with E-state index >= 15 is 0 Å². The fourth-order valence-electron chi connectivity index (χ4n) is 1.30. The number of aromatic nitrogens is 2. The van der Waals surface area contributed by atoms with E-state index in [1.54, 1.807) is 13.8 Å². The van der Waals surface area contributed by atoms with E-state index in [1.807, 2.05) is 13.8 Å². The van der Waals surface area contributed by atoms with E-state index in [0.717, 1.165) is 0 Å². The van der Waals surface area contributed by atoms with E-state index in [4.69, 9.17) is 17.3 Å². The zero-order valence-corrected chi connectivity index (χ0v) is 11.6. The van der Waals surface area contributed by atoms with Crippen LogP contribution >= 0.6 is 11.6 Å². The third kappa shape index (κ3) is 2.81. The lowest BCUT2D eigenvalue weighted by Gasteiger charge is -2.24. The number of rotatable bonds is 4. The van der Waals surface area contributed by atoms with E-state index in [-0.39, 0.29) is 11.1 Å². The highest BCUT2D eigenvalue weighted by atomic mass is 35.5. The molecule has 1 aromatic rings. The van der Waals surface area contributed by atoms with Gasteiger partial charge in [0.1, 0.15) is 10.6 Å². The molecule has 0 fully saturated rings. The minimum atomic E-state index is -1.01. The van der Waals surface area contributed by atoms with E-state index in [0.29, 0.717) is 5.69 Å². The minimum Gasteiger partial charge on any atom is -0.369 e. The van der Waals surface area contributed by atoms with Crippen molar-refractivity contribution in [3.63, 3.8) is 0 Å². The number of amides is 1. The third-order valence-corrected chi connectivity index (χ3v) is 2.86. The molecular weight excluding hydrogens is 256 g/mol. The van der Waals surface area contributed by atoms with Crippen molar-refractivity contribution in [1.82, 2.24) is 9.78 Å². The number of primary amides is 1. The van der Waals surface area contributed by atoms with Gasteiger partial charge in [-0.2, -0.15) is 5.10 Å². The van der Waals surface area contributed by atoms with E-state index in [2.05, 4.69) is 10.4 Å². The van der Waals surface area contributed by atoms with Gasteiger partial charge in [0.2, 0.25) is 5.91 Å². The van der Waals surface area contributed by atoms with Crippen molar-refractivity contribution in [2.45, 2.75) is 39.3 Å². The summed E-state index contributed by atoms with van der Waals surface area (Å²) in [6.45, 7) is 6.84. The number of halogens is 1. The van der Waals surface area contributed by atoms with Crippen molar-refractivity contribution in [3.05, 3.63) is 21.6 Å². The Balaban J connectivity index is 3.19. The van der Waals surface area contributed by atoms with Crippen LogP contribution in [-0.4, -0.2) is 21.2 Å². The van der Waals surface area contributed by atoms with Crippen LogP contribution in [-0.2, 0) is 4.79 Å². The van der Waals surface area contributed by atoms with Crippen molar-refractivity contribution in [1.29, 1.82) is 0 Å². The van der Waals surface area contributed by atoms with Gasteiger partial charge in [0.15, 0.2) is 0 Å². The van der Waals surface area contributed by atoms with Crippen molar-refractivity contribution >= 4 is 23.2 Å². The quantitative estimate of drug-likeness (QED) is 0.860. The number of anilines is 1. The molecule has 0 aromatic carbocycles. The van der Waals surface area contributed by atoms with Gasteiger partial charge in [-0.15, -0.1) is 0 Å². The second-order valence-electron chi connectivity index (χ2n) is 4.83. The topological polar surface area (TPSA) is 90.0 Å². The lowest BCUT2D eigenvalue weighted by Crippen LogP contribution is -2.45. The molecule has 100 valence electrons. The number of nitrogens with two attached hydrogens (primary N) is 1. The molecule has 1 rings (SSSR count). The van der Waals surface area contributed by atoms with E-state index in [1.165, 1.54) is 10.9 Å². The van der Waals surface area contributed by atoms with Crippen molar-refractivity contribution in [2.75, 3.05) is 5.32 Å². The number of hydrogen-bond acceptors (Lipinski definition) is 4. The van der Waals surface area contributed by atoms with E-state index < -0.39 is 17.0 Å². The van der Waals surface area contributed by atoms with Gasteiger partial charge in [0, 0.05) is 0 Å². The molecule has 18 heavy (non-hydrogen) atoms. The van der Waals surface area contributed by atoms with Gasteiger partial charge in [-0.1, -0.05) is 11.6 Å². The molecular formula is C11H17ClN4O2. The normalized spacial score (nSPS) is 11.7. The lowest BCUT2D eigenvalue weighted by molar-refractivity contribution is -0.121. The molecule has 1 heterocycles. The predicted octanol–water partition coefficient (Wildman–Crippen LogP) is 1.15. The third-order valence-electron chi connectivity index (χ3n) is 2.50. The zero-order valence-electron chi connectivity index (χ0n) is 10.8. The Labute approximate surface area is 110 Å². The summed E-state index contributed by atoms with van der Waals surface area (Å²) < 4.78 is 1.27. The molecule has 0 radical (unpaired) electrons. The smallest absolute Gasteiger partial charge is 0.287 e. The second kappa shape index (κ2) is 4.97. The van der Waals surface area contributed by atoms with Crippen LogP contribution in [0.3, 0.4) is 0 Å². The zero-order chi connectivity index (χ0) is 14.1. The Hall–Kier alpha value is -1.56. The first-order chi connectivity index (χ1) is 8.16. The number of nitrogens with one attached hydrogen (secondary N) is 1. The molecule has 0 aliphatic rings. The standard InChI is InChI=1S/C11H17ClN4O2/c1-6(2)16-9(17)8(12)7(5-14-16)15-11(3,4)10(13)18/h5-6,15H,1-4H3,(H2,13,18). The highest BCUT2D eigenvalue weighted by Crippen LogP contribution is 2.20. The van der Waals surface area contributed by atoms with Gasteiger partial charge >= 0.3 is 0 Å². The van der Waals surface area contributed by atoms with Crippen LogP contribution in [0.15, 0.2) is 11.0 Å². The molecule has 0 atom stereocenters. The largest absolute Gasteiger partial charge is 0.369 e. The molecule has 1 aromatic heterocycles. The Bertz CT molecular complexity index is 522. The Morgan fingerprint density at radius 2 is 2.11 bits per heavy atom. The summed E-state index contributed by atoms with van der Waals surface area (Å²) in [4.78, 5) is 23.1. The molecule has 0 spiro atoms. The molecule has 7 heteroatoms. The Kier molecular flexibility index (Phi) is 4.01. The second-order valence-corrected chi connectivity index (χ2v) is 5.21. The van der Waals surface area contributed by atoms with Crippen LogP contribution in [0.2, 0.25) is 5.02 Å². The maximum atomic E-state index is 11.9. The minimum absolute atomic E-state index is 0.00646. The average Bonchev–Trinajstić information content (AvgIpc) is 2.24. The molecule has 0 unspecified atom stereocenters. The molecule has 0 aliphatic carbocycles. The summed E-state index contributed by atoms with van der Waals surface area (Å²) in [5, 5.41) is 6.79. The Morgan fingerprint density at radius 3 is 2.56 bits per heavy atom. The van der Waals surface area contributed by atoms with Crippen molar-refractivity contribution < 1.29 is 4.79 Å². The van der Waals surface area contributed by atoms with Crippen molar-refractivity contribution in [3.8, 4) is 0 Å². The maximum Gasteiger partial charge on any atom is 0.287 e. The van der Waals surface area contributed by atoms with Gasteiger partial charge in [-0.3, -0.25) is 9.59 Å². The molecule has 3 N–H and O–H groups in total. The maximum absolute atomic E-state index is 11.9. The first kappa shape index (κ1) is 14.5. The number of carbonyl (C=O) groups excluding carboxylic acids is 1. The molecule has 0 saturated carbocycles. The first-order valence-corrected chi connectivity index (χ1v) is 5.90. The highest BCUT2D eigenvalue weighted by Gasteiger charge is 2.26. The molecule has 1 amide bonds. The molecule has 6 nitrogen and oxygen atoms in total. The van der Waals surface area contributed by atoms with Gasteiger partial charge in [0.25, 0.3) is 5.56 Å². The molecule has 0 saturated heterocycles. The highest BCUT2D eigenvalue weighted by molar-refractivity contribution is 6.33. The Morgan fingerprint density at radius 1 is 1.56 bits per heavy atom. The van der Waals surface area contributed by atoms with Crippen molar-refractivity contribution in [2.24, 2.45) is 5.73 Å². The number of hydrogen-bond donors (Lipinski definition) is 2. The van der Waals surface area contributed by atoms with Gasteiger partial charge in [-0.25, -0.2) is 4.68 Å². The fraction of sp³-hybridized carbons (Fsp3) is 0.545. The number of nitrogens with zero attached hydrogens (tertiary/aromatic N) is 2. The van der Waals surface area contributed by atoms with Gasteiger partial charge in [0.05, 0.1) is 17.9 Å². The molecule has 0 aliphatic heterocycles. The summed E-state index contributed by atoms with van der Waals surface area (Å²) in [6, 6.07) is -0.0896. The first-order valence-electron chi connectivity index (χ1n) is 5.52. The summed E-state index contributed by atoms with van der Waals surface area (Å²) in [7, 11) is 0. The SMILES string of the molecule is CC(C)n1ncc(NC(C)(C)C(N)=O)c(Cl)c1=O. The summed E-state index contributed by atoms with van der Waals surface area (Å²) in [5.41, 5.74) is 4.11. The predicted molar refractivity (Wildman–Crippen MR) is 70.8 cm³/mol. The van der Waals surface area contributed by atoms with E-state index in [9.17, 15) is 9.59 Å². The number of carbonyl (C=O) groups is 1. The van der Waals surface area contributed by atoms with Crippen LogP contribution in [0.4, 0.5) is 5.69 Å². The fourth-order valence-corrected chi connectivity index (χ4v) is 1.48. The van der Waals surface area contributed by atoms with Crippen LogP contribution in [0.25, 0.3) is 0 Å². The summed E-state index contributed by atoms with van der Waals surface area (Å²) >= 11 is 5.97. The summed E-state index contributed by atoms with van der Waals surface area (Å²) in [5.74, 6) is -0.549. The van der Waals surface area contributed by atoms with Crippen LogP contribution in [0.1, 0.15) is 33.7 Å². The van der Waals surface area contributed by atoms with Gasteiger partial charge in [-0.05, 0) is 27.7 Å². The van der Waals surface area contributed by atoms with Crippen LogP contribution < -0.4 is 16.6 Å². The van der Waals surface area contributed by atoms with Gasteiger partial charge < -0.3 is 11.1 Å². The lowest BCUT2D eigenvalue weighted by atomic mass is 10.1. The summed E-state index contributed by atoms with van der Waals surface area (Å²) in [6.07, 6.45) is 1.41. The van der Waals surface area contributed by atoms with Crippen LogP contribution in [0, 0.1) is 0 Å². The van der Waals surface area contributed by atoms with Crippen LogP contribution in [0.5, 0.6) is 0 Å². The monoisotopic (exact) mass is 272 g/mol.